The van der Waals surface area contributed by atoms with Crippen LogP contribution in [0.25, 0.3) is 10.9 Å². The van der Waals surface area contributed by atoms with Crippen molar-refractivity contribution in [3.8, 4) is 0 Å². The minimum atomic E-state index is -0.122. The maximum absolute atomic E-state index is 12.6. The third kappa shape index (κ3) is 2.72. The quantitative estimate of drug-likeness (QED) is 0.944. The number of halogens is 1. The molecular weight excluding hydrogens is 304 g/mol. The summed E-state index contributed by atoms with van der Waals surface area (Å²) in [6.45, 7) is 1.13. The average Bonchev–Trinajstić information content (AvgIpc) is 2.86. The first-order valence-electron chi connectivity index (χ1n) is 7.27. The zero-order chi connectivity index (χ0) is 15.7. The van der Waals surface area contributed by atoms with Gasteiger partial charge in [0.2, 0.25) is 0 Å². The second kappa shape index (κ2) is 6.28. The van der Waals surface area contributed by atoms with Crippen molar-refractivity contribution in [2.45, 2.75) is 18.6 Å². The summed E-state index contributed by atoms with van der Waals surface area (Å²) in [4.78, 5) is 12.6. The van der Waals surface area contributed by atoms with Gasteiger partial charge in [0.15, 0.2) is 0 Å². The molecule has 0 saturated carbocycles. The average molecular weight is 323 g/mol. The summed E-state index contributed by atoms with van der Waals surface area (Å²) in [5.74, 6) is -0.122. The number of hydrogen-bond donors (Lipinski definition) is 1. The van der Waals surface area contributed by atoms with E-state index >= 15 is 0 Å². The number of aryl methyl sites for hydroxylation is 1. The van der Waals surface area contributed by atoms with Crippen molar-refractivity contribution in [2.75, 3.05) is 20.3 Å². The van der Waals surface area contributed by atoms with Crippen LogP contribution in [-0.4, -0.2) is 42.9 Å². The van der Waals surface area contributed by atoms with Crippen molar-refractivity contribution < 1.29 is 14.3 Å². The number of carbonyl (C=O) groups is 1. The highest BCUT2D eigenvalue weighted by Gasteiger charge is 2.28. The minimum Gasteiger partial charge on any atom is -0.379 e. The summed E-state index contributed by atoms with van der Waals surface area (Å²) in [5.41, 5.74) is 1.45. The van der Waals surface area contributed by atoms with Gasteiger partial charge in [-0.25, -0.2) is 0 Å². The maximum atomic E-state index is 12.6. The Kier molecular flexibility index (Phi) is 4.38. The van der Waals surface area contributed by atoms with E-state index in [2.05, 4.69) is 5.32 Å². The lowest BCUT2D eigenvalue weighted by Gasteiger charge is -2.31. The lowest BCUT2D eigenvalue weighted by Crippen LogP contribution is -2.49. The molecule has 0 bridgehead atoms. The Morgan fingerprint density at radius 2 is 2.32 bits per heavy atom. The molecule has 0 unspecified atom stereocenters. The molecule has 2 aromatic rings. The van der Waals surface area contributed by atoms with Crippen LogP contribution in [0.2, 0.25) is 5.02 Å². The van der Waals surface area contributed by atoms with Crippen molar-refractivity contribution in [1.82, 2.24) is 9.88 Å². The first-order chi connectivity index (χ1) is 10.6. The standard InChI is InChI=1S/C16H19ClN2O3/c1-19-13(8-10-4-3-5-11(17)15(10)19)16(20)18-12-6-7-22-9-14(12)21-2/h3-5,8,12,14H,6-7,9H2,1-2H3,(H,18,20)/t12-,14-/m0/s1. The van der Waals surface area contributed by atoms with E-state index in [1.165, 1.54) is 0 Å². The van der Waals surface area contributed by atoms with Gasteiger partial charge in [-0.15, -0.1) is 0 Å². The van der Waals surface area contributed by atoms with Crippen LogP contribution in [0.3, 0.4) is 0 Å². The molecule has 118 valence electrons. The SMILES string of the molecule is CO[C@H]1COCC[C@@H]1NC(=O)c1cc2cccc(Cl)c2n1C. The first kappa shape index (κ1) is 15.3. The molecule has 0 spiro atoms. The van der Waals surface area contributed by atoms with Crippen LogP contribution in [0, 0.1) is 0 Å². The fraction of sp³-hybridized carbons (Fsp3) is 0.438. The first-order valence-corrected chi connectivity index (χ1v) is 7.65. The number of para-hydroxylation sites is 1. The van der Waals surface area contributed by atoms with Gasteiger partial charge >= 0.3 is 0 Å². The normalized spacial score (nSPS) is 22.0. The Bertz CT molecular complexity index is 698. The van der Waals surface area contributed by atoms with Gasteiger partial charge in [0, 0.05) is 26.2 Å². The van der Waals surface area contributed by atoms with E-state index in [0.717, 1.165) is 17.3 Å². The summed E-state index contributed by atoms with van der Waals surface area (Å²) in [6.07, 6.45) is 0.630. The van der Waals surface area contributed by atoms with Crippen molar-refractivity contribution in [1.29, 1.82) is 0 Å². The number of nitrogens with one attached hydrogen (secondary N) is 1. The lowest BCUT2D eigenvalue weighted by molar-refractivity contribution is -0.0479. The van der Waals surface area contributed by atoms with E-state index in [4.69, 9.17) is 21.1 Å². The largest absolute Gasteiger partial charge is 0.379 e. The van der Waals surface area contributed by atoms with Gasteiger partial charge < -0.3 is 19.4 Å². The van der Waals surface area contributed by atoms with E-state index in [1.54, 1.807) is 7.11 Å². The zero-order valence-corrected chi connectivity index (χ0v) is 13.4. The van der Waals surface area contributed by atoms with Crippen molar-refractivity contribution in [3.63, 3.8) is 0 Å². The van der Waals surface area contributed by atoms with E-state index < -0.39 is 0 Å². The molecule has 1 saturated heterocycles. The number of benzene rings is 1. The Hall–Kier alpha value is -1.56. The van der Waals surface area contributed by atoms with Crippen LogP contribution >= 0.6 is 11.6 Å². The molecule has 1 aliphatic heterocycles. The Balaban J connectivity index is 1.86. The van der Waals surface area contributed by atoms with Crippen LogP contribution in [0.4, 0.5) is 0 Å². The molecule has 1 aromatic heterocycles. The third-order valence-electron chi connectivity index (χ3n) is 4.16. The zero-order valence-electron chi connectivity index (χ0n) is 12.6. The fourth-order valence-corrected chi connectivity index (χ4v) is 3.24. The Labute approximate surface area is 134 Å². The van der Waals surface area contributed by atoms with Gasteiger partial charge in [0.25, 0.3) is 5.91 Å². The monoisotopic (exact) mass is 322 g/mol. The summed E-state index contributed by atoms with van der Waals surface area (Å²) in [5, 5.41) is 4.64. The Morgan fingerprint density at radius 3 is 3.05 bits per heavy atom. The summed E-state index contributed by atoms with van der Waals surface area (Å²) < 4.78 is 12.6. The van der Waals surface area contributed by atoms with Crippen molar-refractivity contribution in [2.24, 2.45) is 7.05 Å². The predicted octanol–water partition coefficient (Wildman–Crippen LogP) is 2.37. The third-order valence-corrected chi connectivity index (χ3v) is 4.47. The molecule has 22 heavy (non-hydrogen) atoms. The number of fused-ring (bicyclic) bond motifs is 1. The van der Waals surface area contributed by atoms with Gasteiger partial charge in [0.1, 0.15) is 11.8 Å². The molecule has 3 rings (SSSR count). The number of hydrogen-bond acceptors (Lipinski definition) is 3. The number of rotatable bonds is 3. The van der Waals surface area contributed by atoms with Gasteiger partial charge in [-0.1, -0.05) is 23.7 Å². The Morgan fingerprint density at radius 1 is 1.50 bits per heavy atom. The van der Waals surface area contributed by atoms with Gasteiger partial charge in [0.05, 0.1) is 23.2 Å². The van der Waals surface area contributed by atoms with E-state index in [9.17, 15) is 4.79 Å². The van der Waals surface area contributed by atoms with Crippen LogP contribution in [0.5, 0.6) is 0 Å². The van der Waals surface area contributed by atoms with Gasteiger partial charge in [-0.3, -0.25) is 4.79 Å². The van der Waals surface area contributed by atoms with Gasteiger partial charge in [-0.2, -0.15) is 0 Å². The molecule has 0 radical (unpaired) electrons. The second-order valence-corrected chi connectivity index (χ2v) is 5.89. The second-order valence-electron chi connectivity index (χ2n) is 5.48. The molecule has 1 amide bonds. The maximum Gasteiger partial charge on any atom is 0.268 e. The van der Waals surface area contributed by atoms with E-state index in [0.29, 0.717) is 23.9 Å². The molecule has 1 aromatic carbocycles. The van der Waals surface area contributed by atoms with Crippen LogP contribution < -0.4 is 5.32 Å². The van der Waals surface area contributed by atoms with Crippen LogP contribution in [0.15, 0.2) is 24.3 Å². The smallest absolute Gasteiger partial charge is 0.268 e. The van der Waals surface area contributed by atoms with Gasteiger partial charge in [-0.05, 0) is 18.6 Å². The van der Waals surface area contributed by atoms with E-state index in [-0.39, 0.29) is 18.1 Å². The summed E-state index contributed by atoms with van der Waals surface area (Å²) in [6, 6.07) is 7.47. The molecule has 1 aliphatic rings. The van der Waals surface area contributed by atoms with Crippen LogP contribution in [0.1, 0.15) is 16.9 Å². The number of nitrogens with zero attached hydrogens (tertiary/aromatic N) is 1. The number of carbonyl (C=O) groups excluding carboxylic acids is 1. The molecule has 2 heterocycles. The number of amides is 1. The van der Waals surface area contributed by atoms with Crippen molar-refractivity contribution >= 4 is 28.4 Å². The highest BCUT2D eigenvalue weighted by molar-refractivity contribution is 6.35. The molecule has 0 aliphatic carbocycles. The molecule has 2 atom stereocenters. The van der Waals surface area contributed by atoms with E-state index in [1.807, 2.05) is 35.9 Å². The summed E-state index contributed by atoms with van der Waals surface area (Å²) >= 11 is 6.23. The van der Waals surface area contributed by atoms with Crippen molar-refractivity contribution in [3.05, 3.63) is 35.0 Å². The number of aromatic nitrogens is 1. The highest BCUT2D eigenvalue weighted by atomic mass is 35.5. The predicted molar refractivity (Wildman–Crippen MR) is 85.4 cm³/mol. The van der Waals surface area contributed by atoms with Crippen LogP contribution in [-0.2, 0) is 16.5 Å². The molecule has 6 heteroatoms. The summed E-state index contributed by atoms with van der Waals surface area (Å²) in [7, 11) is 3.48. The lowest BCUT2D eigenvalue weighted by atomic mass is 10.1. The topological polar surface area (TPSA) is 52.5 Å². The molecule has 1 fully saturated rings. The fourth-order valence-electron chi connectivity index (χ4n) is 2.94. The number of methoxy groups -OCH3 is 1. The molecule has 5 nitrogen and oxygen atoms in total. The highest BCUT2D eigenvalue weighted by Crippen LogP contribution is 2.26. The number of ether oxygens (including phenoxy) is 2. The minimum absolute atomic E-state index is 0.0419. The molecular formula is C16H19ClN2O3. The molecule has 1 N–H and O–H groups in total.